The molecule has 2 N–H and O–H groups in total. The molecule has 1 aliphatic rings. The molecule has 1 heterocycles. The summed E-state index contributed by atoms with van der Waals surface area (Å²) in [7, 11) is 0. The van der Waals surface area contributed by atoms with Crippen LogP contribution in [0.2, 0.25) is 0 Å². The van der Waals surface area contributed by atoms with Crippen molar-refractivity contribution in [3.05, 3.63) is 120 Å². The number of nitrogens with zero attached hydrogens (tertiary/aromatic N) is 3. The lowest BCUT2D eigenvalue weighted by Crippen LogP contribution is -2.47. The van der Waals surface area contributed by atoms with Crippen LogP contribution >= 0.6 is 0 Å². The molecule has 0 radical (unpaired) electrons. The molecule has 2 atom stereocenters. The van der Waals surface area contributed by atoms with Gasteiger partial charge in [0.15, 0.2) is 0 Å². The van der Waals surface area contributed by atoms with E-state index in [0.717, 1.165) is 36.9 Å². The molecule has 5 heteroatoms. The highest BCUT2D eigenvalue weighted by Crippen LogP contribution is 2.49. The standard InChI is InChI=1S/C28H28N4O/c29-27(33)28(23-12-6-2-7-13-23,24-14-8-3-9-15-24)25-16-17-26(18-25)32-21-31(20-30-32)19-22-10-4-1-5-11-22/h1-15,20-21,25-26H,16-19H2,(H-,29,33)/p+1/t25-,26+/m1/s1. The molecule has 0 saturated heterocycles. The van der Waals surface area contributed by atoms with Gasteiger partial charge >= 0.3 is 0 Å². The van der Waals surface area contributed by atoms with E-state index in [4.69, 9.17) is 5.73 Å². The van der Waals surface area contributed by atoms with Crippen LogP contribution in [0.1, 0.15) is 42.0 Å². The van der Waals surface area contributed by atoms with E-state index in [1.807, 2.05) is 73.1 Å². The van der Waals surface area contributed by atoms with Gasteiger partial charge in [0.1, 0.15) is 11.5 Å². The van der Waals surface area contributed by atoms with Crippen LogP contribution in [0, 0.1) is 5.92 Å². The third-order valence-electron chi connectivity index (χ3n) is 7.05. The number of hydrogen-bond donors (Lipinski definition) is 1. The minimum atomic E-state index is -0.857. The Labute approximate surface area is 194 Å². The molecule has 1 saturated carbocycles. The minimum Gasteiger partial charge on any atom is -0.369 e. The third kappa shape index (κ3) is 3.95. The molecule has 166 valence electrons. The molecule has 33 heavy (non-hydrogen) atoms. The Morgan fingerprint density at radius 2 is 1.48 bits per heavy atom. The average Bonchev–Trinajstić information content (AvgIpc) is 3.52. The van der Waals surface area contributed by atoms with Gasteiger partial charge in [-0.15, -0.1) is 4.68 Å². The topological polar surface area (TPSA) is 64.8 Å². The maximum absolute atomic E-state index is 13.3. The van der Waals surface area contributed by atoms with Crippen LogP contribution in [-0.2, 0) is 16.8 Å². The van der Waals surface area contributed by atoms with Gasteiger partial charge in [-0.1, -0.05) is 91.0 Å². The first-order valence-corrected chi connectivity index (χ1v) is 11.6. The lowest BCUT2D eigenvalue weighted by atomic mass is 9.64. The summed E-state index contributed by atoms with van der Waals surface area (Å²) in [5.41, 5.74) is 8.54. The largest absolute Gasteiger partial charge is 0.369 e. The summed E-state index contributed by atoms with van der Waals surface area (Å²) in [6.45, 7) is 0.788. The fourth-order valence-electron chi connectivity index (χ4n) is 5.52. The van der Waals surface area contributed by atoms with Crippen molar-refractivity contribution in [3.8, 4) is 0 Å². The smallest absolute Gasteiger partial charge is 0.265 e. The highest BCUT2D eigenvalue weighted by atomic mass is 16.1. The zero-order chi connectivity index (χ0) is 22.7. The van der Waals surface area contributed by atoms with Crippen LogP contribution in [0.25, 0.3) is 0 Å². The monoisotopic (exact) mass is 437 g/mol. The number of aromatic nitrogens is 3. The van der Waals surface area contributed by atoms with Crippen LogP contribution < -0.4 is 10.3 Å². The maximum atomic E-state index is 13.3. The normalized spacial score (nSPS) is 18.3. The van der Waals surface area contributed by atoms with Gasteiger partial charge in [0.2, 0.25) is 12.2 Å². The van der Waals surface area contributed by atoms with Crippen molar-refractivity contribution in [2.24, 2.45) is 11.7 Å². The second-order valence-corrected chi connectivity index (χ2v) is 8.95. The number of carbonyl (C=O) groups excluding carboxylic acids is 1. The van der Waals surface area contributed by atoms with Crippen molar-refractivity contribution < 1.29 is 9.36 Å². The lowest BCUT2D eigenvalue weighted by molar-refractivity contribution is -0.689. The molecule has 1 fully saturated rings. The zero-order valence-electron chi connectivity index (χ0n) is 18.6. The van der Waals surface area contributed by atoms with Gasteiger partial charge in [-0.3, -0.25) is 4.79 Å². The number of hydrogen-bond acceptors (Lipinski definition) is 2. The van der Waals surface area contributed by atoms with Crippen molar-refractivity contribution >= 4 is 5.91 Å². The summed E-state index contributed by atoms with van der Waals surface area (Å²) in [5.74, 6) is -0.193. The van der Waals surface area contributed by atoms with Crippen molar-refractivity contribution in [1.29, 1.82) is 0 Å². The predicted octanol–water partition coefficient (Wildman–Crippen LogP) is 4.03. The summed E-state index contributed by atoms with van der Waals surface area (Å²) < 4.78 is 4.17. The van der Waals surface area contributed by atoms with E-state index < -0.39 is 5.41 Å². The van der Waals surface area contributed by atoms with Crippen LogP contribution in [-0.4, -0.2) is 15.7 Å². The molecule has 0 bridgehead atoms. The van der Waals surface area contributed by atoms with Gasteiger partial charge in [-0.05, 0) is 41.9 Å². The Bertz CT molecular complexity index is 1160. The number of nitrogens with two attached hydrogens (primary N) is 1. The van der Waals surface area contributed by atoms with Gasteiger partial charge in [0.25, 0.3) is 6.33 Å². The lowest BCUT2D eigenvalue weighted by Gasteiger charge is -2.37. The number of primary amides is 1. The number of carbonyl (C=O) groups is 1. The second kappa shape index (κ2) is 9.02. The molecule has 0 unspecified atom stereocenters. The molecular formula is C28H29N4O+. The first-order chi connectivity index (χ1) is 16.2. The molecule has 1 aromatic heterocycles. The van der Waals surface area contributed by atoms with E-state index in [2.05, 4.69) is 44.9 Å². The summed E-state index contributed by atoms with van der Waals surface area (Å²) in [4.78, 5) is 13.3. The van der Waals surface area contributed by atoms with E-state index in [1.54, 1.807) is 0 Å². The first-order valence-electron chi connectivity index (χ1n) is 11.6. The Balaban J connectivity index is 1.45. The number of amides is 1. The van der Waals surface area contributed by atoms with E-state index >= 15 is 0 Å². The fraction of sp³-hybridized carbons (Fsp3) is 0.250. The Morgan fingerprint density at radius 3 is 2.06 bits per heavy atom. The van der Waals surface area contributed by atoms with E-state index in [9.17, 15) is 4.79 Å². The van der Waals surface area contributed by atoms with E-state index in [-0.39, 0.29) is 17.9 Å². The van der Waals surface area contributed by atoms with Crippen LogP contribution in [0.15, 0.2) is 104 Å². The average molecular weight is 438 g/mol. The molecule has 4 aromatic rings. The minimum absolute atomic E-state index is 0.0940. The molecular weight excluding hydrogens is 408 g/mol. The molecule has 0 spiro atoms. The quantitative estimate of drug-likeness (QED) is 0.444. The Kier molecular flexibility index (Phi) is 5.78. The SMILES string of the molecule is NC(=O)C(c1ccccc1)(c1ccccc1)[C@@H]1CC[C@H](n2c[n+](Cc3ccccc3)cn2)C1. The molecule has 1 aliphatic carbocycles. The van der Waals surface area contributed by atoms with Crippen molar-refractivity contribution in [3.63, 3.8) is 0 Å². The number of benzene rings is 3. The van der Waals surface area contributed by atoms with E-state index in [1.165, 1.54) is 5.56 Å². The van der Waals surface area contributed by atoms with Gasteiger partial charge in [-0.2, -0.15) is 0 Å². The summed E-state index contributed by atoms with van der Waals surface area (Å²) in [6, 6.07) is 30.7. The van der Waals surface area contributed by atoms with Crippen LogP contribution in [0.3, 0.4) is 0 Å². The predicted molar refractivity (Wildman–Crippen MR) is 127 cm³/mol. The van der Waals surface area contributed by atoms with Crippen molar-refractivity contribution in [2.75, 3.05) is 0 Å². The molecule has 5 nitrogen and oxygen atoms in total. The Hall–Kier alpha value is -3.73. The number of rotatable bonds is 7. The third-order valence-corrected chi connectivity index (χ3v) is 7.05. The molecule has 3 aromatic carbocycles. The highest BCUT2D eigenvalue weighted by Gasteiger charge is 2.51. The highest BCUT2D eigenvalue weighted by molar-refractivity contribution is 5.91. The summed E-state index contributed by atoms with van der Waals surface area (Å²) in [5, 5.41) is 4.66. The van der Waals surface area contributed by atoms with Crippen LogP contribution in [0.4, 0.5) is 0 Å². The Morgan fingerprint density at radius 1 is 0.909 bits per heavy atom. The zero-order valence-corrected chi connectivity index (χ0v) is 18.6. The summed E-state index contributed by atoms with van der Waals surface area (Å²) in [6.07, 6.45) is 6.69. The van der Waals surface area contributed by atoms with Gasteiger partial charge < -0.3 is 5.73 Å². The maximum Gasteiger partial charge on any atom is 0.265 e. The van der Waals surface area contributed by atoms with Crippen molar-refractivity contribution in [1.82, 2.24) is 9.78 Å². The van der Waals surface area contributed by atoms with Crippen LogP contribution in [0.5, 0.6) is 0 Å². The van der Waals surface area contributed by atoms with Gasteiger partial charge in [-0.25, -0.2) is 4.57 Å². The van der Waals surface area contributed by atoms with Gasteiger partial charge in [0.05, 0.1) is 6.54 Å². The van der Waals surface area contributed by atoms with Gasteiger partial charge in [0, 0.05) is 5.10 Å². The summed E-state index contributed by atoms with van der Waals surface area (Å²) >= 11 is 0. The molecule has 0 aliphatic heterocycles. The molecule has 5 rings (SSSR count). The van der Waals surface area contributed by atoms with Crippen molar-refractivity contribution in [2.45, 2.75) is 37.3 Å². The first kappa shape index (κ1) is 21.1. The van der Waals surface area contributed by atoms with E-state index in [0.29, 0.717) is 0 Å². The fourth-order valence-corrected chi connectivity index (χ4v) is 5.52. The molecule has 1 amide bonds. The second-order valence-electron chi connectivity index (χ2n) is 8.95.